The van der Waals surface area contributed by atoms with E-state index in [2.05, 4.69) is 23.5 Å². The second kappa shape index (κ2) is 6.82. The molecule has 0 aliphatic carbocycles. The number of hydrogen-bond donors (Lipinski definition) is 1. The predicted octanol–water partition coefficient (Wildman–Crippen LogP) is 2.90. The Bertz CT molecular complexity index is 924. The molecule has 0 fully saturated rings. The van der Waals surface area contributed by atoms with Gasteiger partial charge in [-0.15, -0.1) is 11.8 Å². The third-order valence-corrected chi connectivity index (χ3v) is 7.18. The molecule has 7 heteroatoms. The SMILES string of the molecule is Cc1ccc2c(c1)S[C@H](C(=O)Nc1cccc(S(=O)(=O)N(C)C)c1)C2. The van der Waals surface area contributed by atoms with Gasteiger partial charge in [0.2, 0.25) is 15.9 Å². The molecule has 5 nitrogen and oxygen atoms in total. The number of carbonyl (C=O) groups is 1. The molecule has 0 aromatic heterocycles. The van der Waals surface area contributed by atoms with E-state index in [0.717, 1.165) is 9.20 Å². The van der Waals surface area contributed by atoms with Gasteiger partial charge in [-0.2, -0.15) is 0 Å². The first-order valence-corrected chi connectivity index (χ1v) is 10.2. The van der Waals surface area contributed by atoms with Gasteiger partial charge in [-0.25, -0.2) is 12.7 Å². The molecule has 2 aromatic rings. The highest BCUT2D eigenvalue weighted by Gasteiger charge is 2.28. The molecule has 3 rings (SSSR count). The number of fused-ring (bicyclic) bond motifs is 1. The van der Waals surface area contributed by atoms with E-state index in [4.69, 9.17) is 0 Å². The van der Waals surface area contributed by atoms with Gasteiger partial charge < -0.3 is 5.32 Å². The summed E-state index contributed by atoms with van der Waals surface area (Å²) >= 11 is 1.55. The van der Waals surface area contributed by atoms with Gasteiger partial charge in [0.05, 0.1) is 10.1 Å². The van der Waals surface area contributed by atoms with E-state index in [1.54, 1.807) is 23.9 Å². The molecule has 0 spiro atoms. The van der Waals surface area contributed by atoms with Crippen LogP contribution in [0.5, 0.6) is 0 Å². The van der Waals surface area contributed by atoms with E-state index < -0.39 is 10.0 Å². The first kappa shape index (κ1) is 18.0. The van der Waals surface area contributed by atoms with E-state index in [1.807, 2.05) is 6.92 Å². The second-order valence-electron chi connectivity index (χ2n) is 6.23. The average molecular weight is 377 g/mol. The van der Waals surface area contributed by atoms with Crippen LogP contribution in [-0.4, -0.2) is 38.0 Å². The Balaban J connectivity index is 1.75. The van der Waals surface area contributed by atoms with Gasteiger partial charge in [0.15, 0.2) is 0 Å². The summed E-state index contributed by atoms with van der Waals surface area (Å²) in [5.41, 5.74) is 2.84. The lowest BCUT2D eigenvalue weighted by molar-refractivity contribution is -0.115. The molecule has 25 heavy (non-hydrogen) atoms. The Kier molecular flexibility index (Phi) is 4.90. The standard InChI is InChI=1S/C18H20N2O3S2/c1-12-7-8-13-10-17(24-16(13)9-12)18(21)19-14-5-4-6-15(11-14)25(22,23)20(2)3/h4-9,11,17H,10H2,1-3H3,(H,19,21)/t17-/m0/s1. The molecule has 1 amide bonds. The maximum Gasteiger partial charge on any atom is 0.242 e. The fraction of sp³-hybridized carbons (Fsp3) is 0.278. The largest absolute Gasteiger partial charge is 0.325 e. The monoisotopic (exact) mass is 376 g/mol. The van der Waals surface area contributed by atoms with E-state index in [0.29, 0.717) is 12.1 Å². The molecule has 0 radical (unpaired) electrons. The Labute approximate surface area is 152 Å². The molecule has 0 bridgehead atoms. The molecule has 1 aliphatic heterocycles. The fourth-order valence-corrected chi connectivity index (χ4v) is 4.89. The van der Waals surface area contributed by atoms with Crippen molar-refractivity contribution in [2.24, 2.45) is 0 Å². The van der Waals surface area contributed by atoms with Crippen LogP contribution in [0.1, 0.15) is 11.1 Å². The van der Waals surface area contributed by atoms with Gasteiger partial charge in [-0.05, 0) is 43.2 Å². The number of nitrogens with zero attached hydrogens (tertiary/aromatic N) is 1. The van der Waals surface area contributed by atoms with Gasteiger partial charge in [-0.1, -0.05) is 23.8 Å². The van der Waals surface area contributed by atoms with Gasteiger partial charge in [0.1, 0.15) is 0 Å². The Hall–Kier alpha value is -1.83. The zero-order valence-corrected chi connectivity index (χ0v) is 15.9. The van der Waals surface area contributed by atoms with Gasteiger partial charge >= 0.3 is 0 Å². The number of hydrogen-bond acceptors (Lipinski definition) is 4. The lowest BCUT2D eigenvalue weighted by Gasteiger charge is -2.14. The van der Waals surface area contributed by atoms with Crippen LogP contribution in [0.15, 0.2) is 52.3 Å². The van der Waals surface area contributed by atoms with Crippen molar-refractivity contribution in [3.8, 4) is 0 Å². The fourth-order valence-electron chi connectivity index (χ4n) is 2.65. The van der Waals surface area contributed by atoms with Crippen molar-refractivity contribution in [2.45, 2.75) is 28.4 Å². The molecule has 132 valence electrons. The maximum absolute atomic E-state index is 12.6. The summed E-state index contributed by atoms with van der Waals surface area (Å²) in [6.45, 7) is 2.03. The second-order valence-corrected chi connectivity index (χ2v) is 9.62. The van der Waals surface area contributed by atoms with Crippen LogP contribution in [0.2, 0.25) is 0 Å². The minimum Gasteiger partial charge on any atom is -0.325 e. The smallest absolute Gasteiger partial charge is 0.242 e. The van der Waals surface area contributed by atoms with Crippen molar-refractivity contribution in [3.63, 3.8) is 0 Å². The van der Waals surface area contributed by atoms with E-state index in [1.165, 1.54) is 37.4 Å². The molecule has 1 aliphatic rings. The zero-order valence-electron chi connectivity index (χ0n) is 14.3. The van der Waals surface area contributed by atoms with E-state index in [-0.39, 0.29) is 16.1 Å². The van der Waals surface area contributed by atoms with Gasteiger partial charge in [0.25, 0.3) is 0 Å². The summed E-state index contributed by atoms with van der Waals surface area (Å²) in [5.74, 6) is -0.113. The molecule has 2 aromatic carbocycles. The maximum atomic E-state index is 12.6. The number of amides is 1. The molecule has 1 heterocycles. The minimum absolute atomic E-state index is 0.113. The van der Waals surface area contributed by atoms with Crippen molar-refractivity contribution in [3.05, 3.63) is 53.6 Å². The summed E-state index contributed by atoms with van der Waals surface area (Å²) < 4.78 is 25.6. The molecular weight excluding hydrogens is 356 g/mol. The lowest BCUT2D eigenvalue weighted by Crippen LogP contribution is -2.25. The number of carbonyl (C=O) groups excluding carboxylic acids is 1. The molecule has 1 atom stereocenters. The predicted molar refractivity (Wildman–Crippen MR) is 100 cm³/mol. The number of sulfonamides is 1. The van der Waals surface area contributed by atoms with Crippen molar-refractivity contribution in [1.82, 2.24) is 4.31 Å². The molecule has 1 N–H and O–H groups in total. The van der Waals surface area contributed by atoms with Crippen LogP contribution in [0, 0.1) is 6.92 Å². The van der Waals surface area contributed by atoms with Crippen molar-refractivity contribution < 1.29 is 13.2 Å². The highest BCUT2D eigenvalue weighted by molar-refractivity contribution is 8.01. The Morgan fingerprint density at radius 2 is 1.96 bits per heavy atom. The van der Waals surface area contributed by atoms with Crippen LogP contribution in [-0.2, 0) is 21.2 Å². The number of thioether (sulfide) groups is 1. The topological polar surface area (TPSA) is 66.5 Å². The first-order valence-electron chi connectivity index (χ1n) is 7.87. The molecule has 0 saturated carbocycles. The van der Waals surface area contributed by atoms with Gasteiger partial charge in [-0.3, -0.25) is 4.79 Å². The molecule has 0 unspecified atom stereocenters. The van der Waals surface area contributed by atoms with Crippen molar-refractivity contribution in [1.29, 1.82) is 0 Å². The average Bonchev–Trinajstić information content (AvgIpc) is 2.98. The number of benzene rings is 2. The zero-order chi connectivity index (χ0) is 18.2. The number of nitrogens with one attached hydrogen (secondary N) is 1. The van der Waals surface area contributed by atoms with Crippen molar-refractivity contribution in [2.75, 3.05) is 19.4 Å². The highest BCUT2D eigenvalue weighted by atomic mass is 32.2. The third-order valence-electron chi connectivity index (χ3n) is 4.07. The first-order chi connectivity index (χ1) is 11.8. The number of anilines is 1. The third kappa shape index (κ3) is 3.73. The Morgan fingerprint density at radius 1 is 1.20 bits per heavy atom. The van der Waals surface area contributed by atoms with Crippen molar-refractivity contribution >= 4 is 33.4 Å². The van der Waals surface area contributed by atoms with Crippen LogP contribution >= 0.6 is 11.8 Å². The number of aryl methyl sites for hydroxylation is 1. The molecular formula is C18H20N2O3S2. The van der Waals surface area contributed by atoms with Crippen LogP contribution in [0.25, 0.3) is 0 Å². The van der Waals surface area contributed by atoms with Gasteiger partial charge in [0, 0.05) is 24.7 Å². The van der Waals surface area contributed by atoms with E-state index >= 15 is 0 Å². The molecule has 0 saturated heterocycles. The quantitative estimate of drug-likeness (QED) is 0.891. The lowest BCUT2D eigenvalue weighted by atomic mass is 10.1. The summed E-state index contributed by atoms with van der Waals surface area (Å²) in [5, 5.41) is 2.64. The summed E-state index contributed by atoms with van der Waals surface area (Å²) in [6.07, 6.45) is 0.682. The summed E-state index contributed by atoms with van der Waals surface area (Å²) in [6, 6.07) is 12.6. The highest BCUT2D eigenvalue weighted by Crippen LogP contribution is 2.38. The summed E-state index contributed by atoms with van der Waals surface area (Å²) in [7, 11) is -0.564. The normalized spacial score (nSPS) is 16.7. The van der Waals surface area contributed by atoms with Crippen LogP contribution < -0.4 is 5.32 Å². The summed E-state index contributed by atoms with van der Waals surface area (Å²) in [4.78, 5) is 13.9. The van der Waals surface area contributed by atoms with Crippen LogP contribution in [0.3, 0.4) is 0 Å². The van der Waals surface area contributed by atoms with E-state index in [9.17, 15) is 13.2 Å². The Morgan fingerprint density at radius 3 is 2.68 bits per heavy atom. The minimum atomic E-state index is -3.53. The van der Waals surface area contributed by atoms with Crippen LogP contribution in [0.4, 0.5) is 5.69 Å². The number of rotatable bonds is 4.